The normalized spacial score (nSPS) is 18.2. The zero-order valence-corrected chi connectivity index (χ0v) is 10.4. The Kier molecular flexibility index (Phi) is 3.96. The van der Waals surface area contributed by atoms with Crippen LogP contribution in [0, 0.1) is 10.1 Å². The van der Waals surface area contributed by atoms with E-state index < -0.39 is 4.92 Å². The van der Waals surface area contributed by atoms with Crippen LogP contribution in [-0.2, 0) is 0 Å². The third kappa shape index (κ3) is 3.19. The molecule has 1 aromatic rings. The van der Waals surface area contributed by atoms with Crippen LogP contribution in [0.25, 0.3) is 0 Å². The van der Waals surface area contributed by atoms with Crippen LogP contribution in [0.4, 0.5) is 11.4 Å². The Bertz CT molecular complexity index is 498. The van der Waals surface area contributed by atoms with E-state index in [0.29, 0.717) is 6.54 Å². The molecule has 0 aliphatic carbocycles. The molecular weight excluding hydrogens is 248 g/mol. The van der Waals surface area contributed by atoms with Crippen molar-refractivity contribution in [1.29, 1.82) is 0 Å². The fraction of sp³-hybridized carbons (Fsp3) is 0.417. The molecule has 102 valence electrons. The smallest absolute Gasteiger partial charge is 0.292 e. The molecule has 0 radical (unpaired) electrons. The van der Waals surface area contributed by atoms with Crippen LogP contribution < -0.4 is 16.4 Å². The number of nitro groups is 1. The molecule has 7 heteroatoms. The van der Waals surface area contributed by atoms with Gasteiger partial charge < -0.3 is 16.4 Å². The minimum Gasteiger partial charge on any atom is -0.393 e. The summed E-state index contributed by atoms with van der Waals surface area (Å²) in [6, 6.07) is 4.35. The summed E-state index contributed by atoms with van der Waals surface area (Å²) in [6.07, 6.45) is 2.13. The fourth-order valence-electron chi connectivity index (χ4n) is 2.09. The topological polar surface area (TPSA) is 110 Å². The third-order valence-corrected chi connectivity index (χ3v) is 3.16. The number of amides is 1. The van der Waals surface area contributed by atoms with E-state index in [9.17, 15) is 14.9 Å². The molecule has 1 heterocycles. The summed E-state index contributed by atoms with van der Waals surface area (Å²) < 4.78 is 0. The number of hydrogen-bond acceptors (Lipinski definition) is 5. The second-order valence-corrected chi connectivity index (χ2v) is 4.53. The summed E-state index contributed by atoms with van der Waals surface area (Å²) in [5.41, 5.74) is 5.54. The largest absolute Gasteiger partial charge is 0.393 e. The number of nitrogen functional groups attached to an aromatic ring is 1. The molecule has 1 aliphatic heterocycles. The number of nitrogens with two attached hydrogens (primary N) is 1. The molecule has 1 amide bonds. The lowest BCUT2D eigenvalue weighted by atomic mass is 10.1. The highest BCUT2D eigenvalue weighted by atomic mass is 16.6. The van der Waals surface area contributed by atoms with Crippen molar-refractivity contribution in [2.24, 2.45) is 0 Å². The summed E-state index contributed by atoms with van der Waals surface area (Å²) in [5.74, 6) is -0.322. The van der Waals surface area contributed by atoms with Crippen LogP contribution in [0.1, 0.15) is 23.2 Å². The fourth-order valence-corrected chi connectivity index (χ4v) is 2.09. The summed E-state index contributed by atoms with van der Waals surface area (Å²) in [7, 11) is 0. The van der Waals surface area contributed by atoms with E-state index in [1.165, 1.54) is 18.2 Å². The van der Waals surface area contributed by atoms with Crippen molar-refractivity contribution in [3.8, 4) is 0 Å². The highest BCUT2D eigenvalue weighted by Gasteiger charge is 2.18. The lowest BCUT2D eigenvalue weighted by molar-refractivity contribution is -0.383. The molecule has 1 unspecified atom stereocenters. The number of carbonyl (C=O) groups excluding carboxylic acids is 1. The lowest BCUT2D eigenvalue weighted by Crippen LogP contribution is -2.37. The first-order valence-corrected chi connectivity index (χ1v) is 6.13. The van der Waals surface area contributed by atoms with E-state index in [-0.39, 0.29) is 28.9 Å². The number of anilines is 1. The monoisotopic (exact) mass is 264 g/mol. The maximum Gasteiger partial charge on any atom is 0.292 e. The quantitative estimate of drug-likeness (QED) is 0.420. The molecular formula is C12H16N4O3. The van der Waals surface area contributed by atoms with Crippen molar-refractivity contribution in [3.05, 3.63) is 33.9 Å². The Morgan fingerprint density at radius 1 is 1.58 bits per heavy atom. The van der Waals surface area contributed by atoms with Gasteiger partial charge in [-0.15, -0.1) is 0 Å². The highest BCUT2D eigenvalue weighted by Crippen LogP contribution is 2.22. The minimum absolute atomic E-state index is 0.0546. The molecule has 0 aromatic heterocycles. The van der Waals surface area contributed by atoms with Gasteiger partial charge in [0.2, 0.25) is 0 Å². The molecule has 1 aliphatic rings. The predicted octanol–water partition coefficient (Wildman–Crippen LogP) is 0.659. The van der Waals surface area contributed by atoms with Gasteiger partial charge in [0.1, 0.15) is 5.69 Å². The van der Waals surface area contributed by atoms with Gasteiger partial charge in [-0.05, 0) is 31.5 Å². The highest BCUT2D eigenvalue weighted by molar-refractivity contribution is 5.95. The Labute approximate surface area is 110 Å². The van der Waals surface area contributed by atoms with Gasteiger partial charge in [-0.3, -0.25) is 14.9 Å². The van der Waals surface area contributed by atoms with E-state index >= 15 is 0 Å². The van der Waals surface area contributed by atoms with Gasteiger partial charge in [-0.2, -0.15) is 0 Å². The predicted molar refractivity (Wildman–Crippen MR) is 70.9 cm³/mol. The zero-order valence-electron chi connectivity index (χ0n) is 10.4. The van der Waals surface area contributed by atoms with Crippen molar-refractivity contribution < 1.29 is 9.72 Å². The van der Waals surface area contributed by atoms with Gasteiger partial charge in [0, 0.05) is 24.2 Å². The van der Waals surface area contributed by atoms with Crippen LogP contribution in [0.2, 0.25) is 0 Å². The number of rotatable bonds is 4. The lowest BCUT2D eigenvalue weighted by Gasteiger charge is -2.11. The van der Waals surface area contributed by atoms with Crippen molar-refractivity contribution in [2.45, 2.75) is 18.9 Å². The van der Waals surface area contributed by atoms with Crippen LogP contribution in [0.15, 0.2) is 18.2 Å². The van der Waals surface area contributed by atoms with Crippen LogP contribution >= 0.6 is 0 Å². The Balaban J connectivity index is 2.02. The SMILES string of the molecule is Nc1ccc(C(=O)NCC2CCCN2)cc1[N+](=O)[O-]. The number of nitrogens with zero attached hydrogens (tertiary/aromatic N) is 1. The van der Waals surface area contributed by atoms with E-state index in [1.54, 1.807) is 0 Å². The van der Waals surface area contributed by atoms with E-state index in [2.05, 4.69) is 10.6 Å². The molecule has 19 heavy (non-hydrogen) atoms. The molecule has 7 nitrogen and oxygen atoms in total. The number of nitro benzene ring substituents is 1. The molecule has 1 atom stereocenters. The molecule has 1 saturated heterocycles. The van der Waals surface area contributed by atoms with E-state index in [1.807, 2.05) is 0 Å². The standard InChI is InChI=1S/C12H16N4O3/c13-10-4-3-8(6-11(10)16(18)19)12(17)15-7-9-2-1-5-14-9/h3-4,6,9,14H,1-2,5,7,13H2,(H,15,17). The van der Waals surface area contributed by atoms with Crippen molar-refractivity contribution in [3.63, 3.8) is 0 Å². The summed E-state index contributed by atoms with van der Waals surface area (Å²) >= 11 is 0. The van der Waals surface area contributed by atoms with Crippen molar-refractivity contribution in [2.75, 3.05) is 18.8 Å². The maximum absolute atomic E-state index is 11.9. The Morgan fingerprint density at radius 2 is 2.37 bits per heavy atom. The summed E-state index contributed by atoms with van der Waals surface area (Å²) in [4.78, 5) is 22.0. The zero-order chi connectivity index (χ0) is 13.8. The third-order valence-electron chi connectivity index (χ3n) is 3.16. The van der Waals surface area contributed by atoms with Crippen molar-refractivity contribution in [1.82, 2.24) is 10.6 Å². The molecule has 1 aromatic carbocycles. The summed E-state index contributed by atoms with van der Waals surface area (Å²) in [5, 5.41) is 16.8. The van der Waals surface area contributed by atoms with Gasteiger partial charge in [-0.25, -0.2) is 0 Å². The molecule has 0 bridgehead atoms. The van der Waals surface area contributed by atoms with Crippen LogP contribution in [-0.4, -0.2) is 30.0 Å². The number of hydrogen-bond donors (Lipinski definition) is 3. The second kappa shape index (κ2) is 5.66. The van der Waals surface area contributed by atoms with Gasteiger partial charge in [0.15, 0.2) is 0 Å². The van der Waals surface area contributed by atoms with Gasteiger partial charge in [-0.1, -0.05) is 0 Å². The number of carbonyl (C=O) groups is 1. The van der Waals surface area contributed by atoms with Gasteiger partial charge >= 0.3 is 0 Å². The first kappa shape index (κ1) is 13.3. The average Bonchev–Trinajstić information content (AvgIpc) is 2.89. The van der Waals surface area contributed by atoms with Crippen LogP contribution in [0.3, 0.4) is 0 Å². The first-order valence-electron chi connectivity index (χ1n) is 6.13. The van der Waals surface area contributed by atoms with Crippen molar-refractivity contribution >= 4 is 17.3 Å². The van der Waals surface area contributed by atoms with Gasteiger partial charge in [0.25, 0.3) is 11.6 Å². The molecule has 0 saturated carbocycles. The van der Waals surface area contributed by atoms with E-state index in [4.69, 9.17) is 5.73 Å². The maximum atomic E-state index is 11.9. The molecule has 0 spiro atoms. The number of benzene rings is 1. The van der Waals surface area contributed by atoms with Crippen LogP contribution in [0.5, 0.6) is 0 Å². The summed E-state index contributed by atoms with van der Waals surface area (Å²) in [6.45, 7) is 1.49. The molecule has 2 rings (SSSR count). The molecule has 1 fully saturated rings. The molecule has 4 N–H and O–H groups in total. The number of nitrogens with one attached hydrogen (secondary N) is 2. The Hall–Kier alpha value is -2.15. The Morgan fingerprint density at radius 3 is 3.00 bits per heavy atom. The average molecular weight is 264 g/mol. The second-order valence-electron chi connectivity index (χ2n) is 4.53. The minimum atomic E-state index is -0.593. The van der Waals surface area contributed by atoms with Gasteiger partial charge in [0.05, 0.1) is 4.92 Å². The first-order chi connectivity index (χ1) is 9.08. The van der Waals surface area contributed by atoms with E-state index in [0.717, 1.165) is 19.4 Å².